The lowest BCUT2D eigenvalue weighted by molar-refractivity contribution is 0.0539. The molecule has 0 spiro atoms. The molecule has 1 atom stereocenters. The van der Waals surface area contributed by atoms with Crippen LogP contribution in [-0.2, 0) is 7.05 Å². The first-order chi connectivity index (χ1) is 8.47. The van der Waals surface area contributed by atoms with Gasteiger partial charge < -0.3 is 10.6 Å². The van der Waals surface area contributed by atoms with Gasteiger partial charge in [-0.3, -0.25) is 4.68 Å². The van der Waals surface area contributed by atoms with Gasteiger partial charge in [-0.05, 0) is 51.8 Å². The van der Waals surface area contributed by atoms with Crippen LogP contribution in [0.1, 0.15) is 44.3 Å². The fraction of sp³-hybridized carbons (Fsp3) is 0.786. The van der Waals surface area contributed by atoms with Crippen molar-refractivity contribution < 1.29 is 0 Å². The molecule has 0 radical (unpaired) electrons. The number of likely N-dealkylation sites (N-methyl/N-ethyl adjacent to an activating group) is 1. The van der Waals surface area contributed by atoms with Gasteiger partial charge in [-0.1, -0.05) is 6.92 Å². The number of hydrogen-bond donors (Lipinski definition) is 1. The van der Waals surface area contributed by atoms with E-state index in [1.165, 1.54) is 25.7 Å². The number of nitrogens with zero attached hydrogens (tertiary/aromatic N) is 3. The summed E-state index contributed by atoms with van der Waals surface area (Å²) in [6.45, 7) is 2.34. The number of rotatable bonds is 3. The van der Waals surface area contributed by atoms with Crippen LogP contribution in [0.3, 0.4) is 0 Å². The molecule has 0 bridgehead atoms. The monoisotopic (exact) mass is 250 g/mol. The molecule has 4 nitrogen and oxygen atoms in total. The van der Waals surface area contributed by atoms with Crippen LogP contribution < -0.4 is 5.73 Å². The summed E-state index contributed by atoms with van der Waals surface area (Å²) in [5, 5.41) is 4.26. The molecule has 1 aliphatic carbocycles. The summed E-state index contributed by atoms with van der Waals surface area (Å²) >= 11 is 0. The minimum Gasteiger partial charge on any atom is -0.321 e. The van der Waals surface area contributed by atoms with Crippen molar-refractivity contribution in [3.63, 3.8) is 0 Å². The van der Waals surface area contributed by atoms with Crippen LogP contribution in [0.15, 0.2) is 12.3 Å². The Balaban J connectivity index is 2.28. The van der Waals surface area contributed by atoms with Crippen molar-refractivity contribution in [2.24, 2.45) is 18.7 Å². The van der Waals surface area contributed by atoms with Gasteiger partial charge in [-0.2, -0.15) is 5.10 Å². The molecule has 1 aromatic heterocycles. The van der Waals surface area contributed by atoms with Crippen molar-refractivity contribution in [3.05, 3.63) is 18.0 Å². The van der Waals surface area contributed by atoms with Gasteiger partial charge in [0.25, 0.3) is 0 Å². The fourth-order valence-electron chi connectivity index (χ4n) is 3.26. The number of nitrogens with two attached hydrogens (primary N) is 1. The third-order valence-electron chi connectivity index (χ3n) is 4.79. The van der Waals surface area contributed by atoms with E-state index >= 15 is 0 Å². The molecule has 102 valence electrons. The van der Waals surface area contributed by atoms with Crippen LogP contribution in [0.5, 0.6) is 0 Å². The molecule has 0 saturated heterocycles. The van der Waals surface area contributed by atoms with Crippen molar-refractivity contribution in [1.82, 2.24) is 14.7 Å². The smallest absolute Gasteiger partial charge is 0.0653 e. The van der Waals surface area contributed by atoms with E-state index in [0.29, 0.717) is 0 Å². The molecule has 0 aromatic carbocycles. The van der Waals surface area contributed by atoms with Gasteiger partial charge in [-0.15, -0.1) is 0 Å². The molecule has 1 saturated carbocycles. The van der Waals surface area contributed by atoms with Gasteiger partial charge in [0.05, 0.1) is 11.7 Å². The van der Waals surface area contributed by atoms with E-state index in [1.807, 2.05) is 24.0 Å². The summed E-state index contributed by atoms with van der Waals surface area (Å²) in [5.74, 6) is 0.830. The Labute approximate surface area is 110 Å². The molecule has 1 heterocycles. The highest BCUT2D eigenvalue weighted by atomic mass is 15.3. The van der Waals surface area contributed by atoms with Gasteiger partial charge in [-0.25, -0.2) is 0 Å². The molecule has 2 rings (SSSR count). The number of aryl methyl sites for hydroxylation is 1. The van der Waals surface area contributed by atoms with Crippen LogP contribution in [0, 0.1) is 5.92 Å². The van der Waals surface area contributed by atoms with Crippen LogP contribution >= 0.6 is 0 Å². The second kappa shape index (κ2) is 5.02. The minimum absolute atomic E-state index is 0.0347. The van der Waals surface area contributed by atoms with Crippen molar-refractivity contribution >= 4 is 0 Å². The SMILES string of the molecule is CC1CCC(C(N)c2ccnn2C)(N(C)C)CC1. The Morgan fingerprint density at radius 2 is 2.06 bits per heavy atom. The molecular weight excluding hydrogens is 224 g/mol. The third-order valence-corrected chi connectivity index (χ3v) is 4.79. The average Bonchev–Trinajstić information content (AvgIpc) is 2.75. The molecule has 1 fully saturated rings. The lowest BCUT2D eigenvalue weighted by Crippen LogP contribution is -2.54. The summed E-state index contributed by atoms with van der Waals surface area (Å²) in [6, 6.07) is 2.08. The van der Waals surface area contributed by atoms with E-state index in [4.69, 9.17) is 5.73 Å². The summed E-state index contributed by atoms with van der Waals surface area (Å²) < 4.78 is 1.91. The predicted octanol–water partition coefficient (Wildman–Crippen LogP) is 1.93. The third kappa shape index (κ3) is 2.19. The maximum atomic E-state index is 6.59. The lowest BCUT2D eigenvalue weighted by atomic mass is 9.71. The van der Waals surface area contributed by atoms with Crippen LogP contribution in [0.25, 0.3) is 0 Å². The highest BCUT2D eigenvalue weighted by Crippen LogP contribution is 2.42. The van der Waals surface area contributed by atoms with E-state index in [1.54, 1.807) is 0 Å². The van der Waals surface area contributed by atoms with E-state index in [2.05, 4.69) is 31.0 Å². The zero-order valence-electron chi connectivity index (χ0n) is 12.1. The van der Waals surface area contributed by atoms with E-state index in [0.717, 1.165) is 11.6 Å². The van der Waals surface area contributed by atoms with Crippen LogP contribution in [-0.4, -0.2) is 34.3 Å². The highest BCUT2D eigenvalue weighted by Gasteiger charge is 2.42. The second-order valence-electron chi connectivity index (χ2n) is 6.04. The van der Waals surface area contributed by atoms with Crippen molar-refractivity contribution in [2.75, 3.05) is 14.1 Å². The van der Waals surface area contributed by atoms with Crippen molar-refractivity contribution in [3.8, 4) is 0 Å². The fourth-order valence-corrected chi connectivity index (χ4v) is 3.26. The van der Waals surface area contributed by atoms with Crippen molar-refractivity contribution in [2.45, 2.75) is 44.2 Å². The molecule has 1 unspecified atom stereocenters. The summed E-state index contributed by atoms with van der Waals surface area (Å²) in [7, 11) is 6.29. The standard InChI is InChI=1S/C14H26N4/c1-11-5-8-14(9-6-11,17(2)3)13(15)12-7-10-16-18(12)4/h7,10-11,13H,5-6,8-9,15H2,1-4H3. The maximum Gasteiger partial charge on any atom is 0.0653 e. The molecule has 1 aromatic rings. The molecule has 2 N–H and O–H groups in total. The summed E-state index contributed by atoms with van der Waals surface area (Å²) in [6.07, 6.45) is 6.72. The highest BCUT2D eigenvalue weighted by molar-refractivity contribution is 5.15. The van der Waals surface area contributed by atoms with Gasteiger partial charge in [0.1, 0.15) is 0 Å². The summed E-state index contributed by atoms with van der Waals surface area (Å²) in [5.41, 5.74) is 7.81. The van der Waals surface area contributed by atoms with Gasteiger partial charge in [0.2, 0.25) is 0 Å². The zero-order valence-corrected chi connectivity index (χ0v) is 12.1. The van der Waals surface area contributed by atoms with Gasteiger partial charge in [0, 0.05) is 18.8 Å². The maximum absolute atomic E-state index is 6.59. The normalized spacial score (nSPS) is 30.7. The number of aromatic nitrogens is 2. The molecule has 0 amide bonds. The van der Waals surface area contributed by atoms with Crippen LogP contribution in [0.2, 0.25) is 0 Å². The minimum atomic E-state index is 0.0347. The Kier molecular flexibility index (Phi) is 3.78. The Morgan fingerprint density at radius 3 is 2.50 bits per heavy atom. The van der Waals surface area contributed by atoms with Gasteiger partial charge in [0.15, 0.2) is 0 Å². The van der Waals surface area contributed by atoms with Crippen molar-refractivity contribution in [1.29, 1.82) is 0 Å². The van der Waals surface area contributed by atoms with Gasteiger partial charge >= 0.3 is 0 Å². The Morgan fingerprint density at radius 1 is 1.44 bits per heavy atom. The first-order valence-corrected chi connectivity index (χ1v) is 6.88. The first kappa shape index (κ1) is 13.6. The van der Waals surface area contributed by atoms with Crippen LogP contribution in [0.4, 0.5) is 0 Å². The second-order valence-corrected chi connectivity index (χ2v) is 6.04. The molecule has 0 aliphatic heterocycles. The average molecular weight is 250 g/mol. The zero-order chi connectivity index (χ0) is 13.3. The summed E-state index contributed by atoms with van der Waals surface area (Å²) in [4.78, 5) is 2.33. The Bertz CT molecular complexity index is 388. The molecule has 18 heavy (non-hydrogen) atoms. The Hall–Kier alpha value is -0.870. The lowest BCUT2D eigenvalue weighted by Gasteiger charge is -2.48. The predicted molar refractivity (Wildman–Crippen MR) is 74.2 cm³/mol. The van der Waals surface area contributed by atoms with E-state index < -0.39 is 0 Å². The topological polar surface area (TPSA) is 47.1 Å². The first-order valence-electron chi connectivity index (χ1n) is 6.88. The van der Waals surface area contributed by atoms with E-state index in [-0.39, 0.29) is 11.6 Å². The molecular formula is C14H26N4. The molecule has 4 heteroatoms. The quantitative estimate of drug-likeness (QED) is 0.891. The molecule has 1 aliphatic rings. The van der Waals surface area contributed by atoms with E-state index in [9.17, 15) is 0 Å². The largest absolute Gasteiger partial charge is 0.321 e. The number of hydrogen-bond acceptors (Lipinski definition) is 3.